The Hall–Kier alpha value is -1.23. The molecule has 0 aliphatic carbocycles. The third-order valence-electron chi connectivity index (χ3n) is 0.529. The standard InChI is InChI=1S/C6H7NO/c1-3-4-6(2)8-5-7/h3-4H,2H2,1H3/b4-3-. The topological polar surface area (TPSA) is 33.0 Å². The smallest absolute Gasteiger partial charge is 0.292 e. The maximum Gasteiger partial charge on any atom is 0.292 e. The van der Waals surface area contributed by atoms with Crippen molar-refractivity contribution in [3.05, 3.63) is 24.5 Å². The molecule has 2 nitrogen and oxygen atoms in total. The zero-order valence-electron chi connectivity index (χ0n) is 4.72. The van der Waals surface area contributed by atoms with Gasteiger partial charge in [-0.05, 0) is 13.0 Å². The largest absolute Gasteiger partial charge is 0.389 e. The molecule has 0 saturated carbocycles. The first-order valence-electron chi connectivity index (χ1n) is 2.18. The molecule has 0 aromatic rings. The summed E-state index contributed by atoms with van der Waals surface area (Å²) in [6.45, 7) is 5.23. The molecule has 0 aromatic carbocycles. The van der Waals surface area contributed by atoms with E-state index in [1.165, 1.54) is 6.26 Å². The molecule has 0 radical (unpaired) electrons. The maximum absolute atomic E-state index is 7.90. The van der Waals surface area contributed by atoms with Crippen LogP contribution in [0.1, 0.15) is 6.92 Å². The van der Waals surface area contributed by atoms with Crippen LogP contribution in [0.3, 0.4) is 0 Å². The Kier molecular flexibility index (Phi) is 3.34. The van der Waals surface area contributed by atoms with Crippen molar-refractivity contribution in [1.29, 1.82) is 5.26 Å². The third-order valence-corrected chi connectivity index (χ3v) is 0.529. The lowest BCUT2D eigenvalue weighted by atomic mass is 10.5. The Labute approximate surface area is 48.7 Å². The maximum atomic E-state index is 7.90. The van der Waals surface area contributed by atoms with Gasteiger partial charge in [0.1, 0.15) is 5.76 Å². The minimum absolute atomic E-state index is 0.370. The van der Waals surface area contributed by atoms with Crippen molar-refractivity contribution < 1.29 is 4.74 Å². The van der Waals surface area contributed by atoms with E-state index in [0.29, 0.717) is 5.76 Å². The van der Waals surface area contributed by atoms with Gasteiger partial charge in [0.05, 0.1) is 0 Å². The van der Waals surface area contributed by atoms with E-state index in [1.807, 2.05) is 6.92 Å². The molecule has 0 aromatic heterocycles. The summed E-state index contributed by atoms with van der Waals surface area (Å²) in [5.74, 6) is 0.370. The number of allylic oxidation sites excluding steroid dienone is 2. The highest BCUT2D eigenvalue weighted by Gasteiger charge is 1.80. The van der Waals surface area contributed by atoms with Crippen LogP contribution in [0.15, 0.2) is 24.5 Å². The van der Waals surface area contributed by atoms with E-state index in [-0.39, 0.29) is 0 Å². The van der Waals surface area contributed by atoms with Crippen LogP contribution in [0.5, 0.6) is 0 Å². The van der Waals surface area contributed by atoms with Crippen molar-refractivity contribution in [2.75, 3.05) is 0 Å². The molecule has 0 fully saturated rings. The Balaban J connectivity index is 3.53. The SMILES string of the molecule is C=C(/C=C\C)OC#N. The molecule has 0 amide bonds. The normalized spacial score (nSPS) is 8.50. The van der Waals surface area contributed by atoms with Gasteiger partial charge in [0.15, 0.2) is 0 Å². The Morgan fingerprint density at radius 1 is 1.88 bits per heavy atom. The summed E-state index contributed by atoms with van der Waals surface area (Å²) >= 11 is 0. The molecule has 0 aliphatic rings. The zero-order valence-corrected chi connectivity index (χ0v) is 4.72. The Morgan fingerprint density at radius 2 is 2.50 bits per heavy atom. The molecule has 0 heterocycles. The van der Waals surface area contributed by atoms with Crippen molar-refractivity contribution in [3.8, 4) is 6.26 Å². The lowest BCUT2D eigenvalue weighted by Gasteiger charge is -1.87. The number of rotatable bonds is 2. The van der Waals surface area contributed by atoms with Crippen LogP contribution in [0, 0.1) is 11.5 Å². The van der Waals surface area contributed by atoms with Crippen LogP contribution >= 0.6 is 0 Å². The van der Waals surface area contributed by atoms with E-state index in [4.69, 9.17) is 5.26 Å². The monoisotopic (exact) mass is 109 g/mol. The molecule has 0 saturated heterocycles. The van der Waals surface area contributed by atoms with Gasteiger partial charge in [-0.2, -0.15) is 0 Å². The quantitative estimate of drug-likeness (QED) is 0.306. The van der Waals surface area contributed by atoms with E-state index in [1.54, 1.807) is 12.2 Å². The van der Waals surface area contributed by atoms with Gasteiger partial charge in [-0.1, -0.05) is 12.7 Å². The molecular weight excluding hydrogens is 102 g/mol. The van der Waals surface area contributed by atoms with Gasteiger partial charge < -0.3 is 4.74 Å². The summed E-state index contributed by atoms with van der Waals surface area (Å²) in [5.41, 5.74) is 0. The molecular formula is C6H7NO. The molecule has 8 heavy (non-hydrogen) atoms. The number of hydrogen-bond acceptors (Lipinski definition) is 2. The van der Waals surface area contributed by atoms with Crippen LogP contribution in [0.2, 0.25) is 0 Å². The second-order valence-corrected chi connectivity index (χ2v) is 1.16. The Morgan fingerprint density at radius 3 is 2.88 bits per heavy atom. The summed E-state index contributed by atoms with van der Waals surface area (Å²) in [7, 11) is 0. The zero-order chi connectivity index (χ0) is 6.41. The highest BCUT2D eigenvalue weighted by Crippen LogP contribution is 1.91. The van der Waals surface area contributed by atoms with Gasteiger partial charge >= 0.3 is 0 Å². The van der Waals surface area contributed by atoms with E-state index in [9.17, 15) is 0 Å². The van der Waals surface area contributed by atoms with Gasteiger partial charge in [0, 0.05) is 0 Å². The van der Waals surface area contributed by atoms with Gasteiger partial charge in [-0.3, -0.25) is 0 Å². The number of nitriles is 1. The minimum Gasteiger partial charge on any atom is -0.389 e. The summed E-state index contributed by atoms with van der Waals surface area (Å²) in [6, 6.07) is 0. The average molecular weight is 109 g/mol. The molecule has 0 unspecified atom stereocenters. The first-order valence-corrected chi connectivity index (χ1v) is 2.18. The molecule has 0 bridgehead atoms. The van der Waals surface area contributed by atoms with Gasteiger partial charge in [-0.25, -0.2) is 0 Å². The van der Waals surface area contributed by atoms with Crippen LogP contribution in [0.25, 0.3) is 0 Å². The fraction of sp³-hybridized carbons (Fsp3) is 0.167. The second kappa shape index (κ2) is 3.94. The summed E-state index contributed by atoms with van der Waals surface area (Å²) in [5, 5.41) is 7.90. The number of ether oxygens (including phenoxy) is 1. The molecule has 0 aliphatic heterocycles. The lowest BCUT2D eigenvalue weighted by Crippen LogP contribution is -1.74. The Bertz CT molecular complexity index is 141. The highest BCUT2D eigenvalue weighted by atomic mass is 16.5. The molecule has 42 valence electrons. The predicted molar refractivity (Wildman–Crippen MR) is 30.7 cm³/mol. The molecule has 0 spiro atoms. The third kappa shape index (κ3) is 2.98. The van der Waals surface area contributed by atoms with Crippen LogP contribution in [-0.2, 0) is 4.74 Å². The van der Waals surface area contributed by atoms with E-state index >= 15 is 0 Å². The second-order valence-electron chi connectivity index (χ2n) is 1.16. The van der Waals surface area contributed by atoms with Crippen LogP contribution in [0.4, 0.5) is 0 Å². The van der Waals surface area contributed by atoms with Crippen molar-refractivity contribution in [1.82, 2.24) is 0 Å². The molecule has 0 N–H and O–H groups in total. The van der Waals surface area contributed by atoms with Crippen molar-refractivity contribution in [2.45, 2.75) is 6.92 Å². The number of nitrogens with zero attached hydrogens (tertiary/aromatic N) is 1. The van der Waals surface area contributed by atoms with Crippen molar-refractivity contribution in [3.63, 3.8) is 0 Å². The van der Waals surface area contributed by atoms with E-state index in [0.717, 1.165) is 0 Å². The molecule has 2 heteroatoms. The van der Waals surface area contributed by atoms with Gasteiger partial charge in [-0.15, -0.1) is 5.26 Å². The number of hydrogen-bond donors (Lipinski definition) is 0. The fourth-order valence-electron chi connectivity index (χ4n) is 0.279. The van der Waals surface area contributed by atoms with Crippen molar-refractivity contribution >= 4 is 0 Å². The van der Waals surface area contributed by atoms with E-state index in [2.05, 4.69) is 11.3 Å². The first kappa shape index (κ1) is 6.77. The summed E-state index contributed by atoms with van der Waals surface area (Å²) in [4.78, 5) is 0. The lowest BCUT2D eigenvalue weighted by molar-refractivity contribution is 0.395. The minimum atomic E-state index is 0.370. The molecule has 0 atom stereocenters. The van der Waals surface area contributed by atoms with Crippen LogP contribution < -0.4 is 0 Å². The summed E-state index contributed by atoms with van der Waals surface area (Å²) in [6.07, 6.45) is 4.87. The van der Waals surface area contributed by atoms with Crippen molar-refractivity contribution in [2.24, 2.45) is 0 Å². The van der Waals surface area contributed by atoms with Gasteiger partial charge in [0.2, 0.25) is 0 Å². The summed E-state index contributed by atoms with van der Waals surface area (Å²) < 4.78 is 4.31. The average Bonchev–Trinajstić information content (AvgIpc) is 1.68. The fourth-order valence-corrected chi connectivity index (χ4v) is 0.279. The predicted octanol–water partition coefficient (Wildman–Crippen LogP) is 1.57. The first-order chi connectivity index (χ1) is 3.81. The van der Waals surface area contributed by atoms with E-state index < -0.39 is 0 Å². The highest BCUT2D eigenvalue weighted by molar-refractivity contribution is 5.06. The van der Waals surface area contributed by atoms with Crippen LogP contribution in [-0.4, -0.2) is 0 Å². The molecule has 0 rings (SSSR count). The van der Waals surface area contributed by atoms with Gasteiger partial charge in [0.25, 0.3) is 6.26 Å².